The maximum absolute atomic E-state index is 12.6. The highest BCUT2D eigenvalue weighted by Crippen LogP contribution is 2.18. The molecule has 0 saturated carbocycles. The summed E-state index contributed by atoms with van der Waals surface area (Å²) in [6, 6.07) is 17.9. The summed E-state index contributed by atoms with van der Waals surface area (Å²) in [7, 11) is 1.79. The minimum atomic E-state index is -0.131. The molecule has 3 aromatic rings. The van der Waals surface area contributed by atoms with Gasteiger partial charge < -0.3 is 9.88 Å². The maximum atomic E-state index is 12.6. The van der Waals surface area contributed by atoms with Crippen molar-refractivity contribution in [3.8, 4) is 0 Å². The zero-order valence-electron chi connectivity index (χ0n) is 13.7. The van der Waals surface area contributed by atoms with Crippen LogP contribution in [-0.2, 0) is 7.05 Å². The van der Waals surface area contributed by atoms with Crippen LogP contribution in [0.4, 0.5) is 0 Å². The highest BCUT2D eigenvalue weighted by Gasteiger charge is 2.17. The van der Waals surface area contributed by atoms with Gasteiger partial charge in [-0.2, -0.15) is 0 Å². The van der Waals surface area contributed by atoms with Crippen molar-refractivity contribution in [1.29, 1.82) is 0 Å². The number of fused-ring (bicyclic) bond motifs is 1. The van der Waals surface area contributed by atoms with Crippen LogP contribution in [0.15, 0.2) is 59.4 Å². The number of aryl methyl sites for hydroxylation is 1. The molecule has 1 unspecified atom stereocenters. The average molecular weight is 307 g/mol. The number of rotatable bonds is 4. The first kappa shape index (κ1) is 15.4. The predicted molar refractivity (Wildman–Crippen MR) is 93.4 cm³/mol. The largest absolute Gasteiger partial charge is 0.308 e. The molecule has 0 amide bonds. The minimum Gasteiger partial charge on any atom is -0.308 e. The monoisotopic (exact) mass is 307 g/mol. The van der Waals surface area contributed by atoms with Crippen LogP contribution >= 0.6 is 0 Å². The smallest absolute Gasteiger partial charge is 0.274 e. The van der Waals surface area contributed by atoms with E-state index in [1.807, 2.05) is 49.4 Å². The van der Waals surface area contributed by atoms with Gasteiger partial charge in [0.25, 0.3) is 5.56 Å². The van der Waals surface area contributed by atoms with E-state index < -0.39 is 0 Å². The number of hydrogen-bond donors (Lipinski definition) is 1. The lowest BCUT2D eigenvalue weighted by Gasteiger charge is -2.20. The van der Waals surface area contributed by atoms with Gasteiger partial charge in [0.2, 0.25) is 0 Å². The maximum Gasteiger partial charge on any atom is 0.274 e. The molecule has 1 heterocycles. The van der Waals surface area contributed by atoms with Crippen LogP contribution in [0.25, 0.3) is 11.0 Å². The third kappa shape index (κ3) is 3.03. The van der Waals surface area contributed by atoms with Gasteiger partial charge in [0, 0.05) is 13.1 Å². The van der Waals surface area contributed by atoms with E-state index in [9.17, 15) is 4.79 Å². The molecule has 0 radical (unpaired) electrons. The third-order valence-electron chi connectivity index (χ3n) is 4.22. The number of para-hydroxylation sites is 2. The lowest BCUT2D eigenvalue weighted by molar-refractivity contribution is 0.481. The molecule has 1 N–H and O–H groups in total. The van der Waals surface area contributed by atoms with Gasteiger partial charge in [-0.3, -0.25) is 4.79 Å². The van der Waals surface area contributed by atoms with Crippen molar-refractivity contribution in [2.24, 2.45) is 7.05 Å². The number of benzene rings is 2. The van der Waals surface area contributed by atoms with Crippen LogP contribution in [0.5, 0.6) is 0 Å². The van der Waals surface area contributed by atoms with Gasteiger partial charge in [-0.25, -0.2) is 4.98 Å². The van der Waals surface area contributed by atoms with Crippen molar-refractivity contribution >= 4 is 11.0 Å². The Morgan fingerprint density at radius 3 is 2.35 bits per heavy atom. The summed E-state index contributed by atoms with van der Waals surface area (Å²) in [4.78, 5) is 17.2. The fourth-order valence-corrected chi connectivity index (χ4v) is 2.88. The van der Waals surface area contributed by atoms with E-state index in [1.165, 1.54) is 5.56 Å². The summed E-state index contributed by atoms with van der Waals surface area (Å²) in [6.45, 7) is 4.08. The molecule has 4 nitrogen and oxygen atoms in total. The van der Waals surface area contributed by atoms with E-state index in [-0.39, 0.29) is 17.6 Å². The molecule has 4 heteroatoms. The Balaban J connectivity index is 1.93. The van der Waals surface area contributed by atoms with Gasteiger partial charge in [-0.1, -0.05) is 42.5 Å². The normalized spacial score (nSPS) is 13.9. The van der Waals surface area contributed by atoms with Gasteiger partial charge in [0.15, 0.2) is 0 Å². The molecule has 0 fully saturated rings. The molecule has 23 heavy (non-hydrogen) atoms. The number of aromatic nitrogens is 2. The SMILES string of the molecule is CC(N[C@@H](C)c1ccccc1)c1nc2ccccc2n(C)c1=O. The lowest BCUT2D eigenvalue weighted by Crippen LogP contribution is -2.31. The molecule has 0 aliphatic carbocycles. The Morgan fingerprint density at radius 2 is 1.61 bits per heavy atom. The zero-order valence-corrected chi connectivity index (χ0v) is 13.7. The quantitative estimate of drug-likeness (QED) is 0.804. The fraction of sp³-hybridized carbons (Fsp3) is 0.263. The molecule has 0 aliphatic heterocycles. The first-order valence-corrected chi connectivity index (χ1v) is 7.84. The van der Waals surface area contributed by atoms with Crippen LogP contribution in [0.2, 0.25) is 0 Å². The van der Waals surface area contributed by atoms with Gasteiger partial charge in [-0.05, 0) is 31.5 Å². The molecule has 2 aromatic carbocycles. The van der Waals surface area contributed by atoms with Gasteiger partial charge in [0.05, 0.1) is 17.1 Å². The van der Waals surface area contributed by atoms with Crippen LogP contribution in [0.1, 0.15) is 37.2 Å². The molecule has 0 aliphatic rings. The second kappa shape index (κ2) is 6.34. The van der Waals surface area contributed by atoms with E-state index in [4.69, 9.17) is 0 Å². The number of hydrogen-bond acceptors (Lipinski definition) is 3. The van der Waals surface area contributed by atoms with Crippen molar-refractivity contribution < 1.29 is 0 Å². The lowest BCUT2D eigenvalue weighted by atomic mass is 10.1. The summed E-state index contributed by atoms with van der Waals surface area (Å²) in [5, 5.41) is 3.47. The molecular formula is C19H21N3O. The Hall–Kier alpha value is -2.46. The molecule has 0 spiro atoms. The minimum absolute atomic E-state index is 0.0519. The summed E-state index contributed by atoms with van der Waals surface area (Å²) in [5.74, 6) is 0. The van der Waals surface area contributed by atoms with E-state index in [2.05, 4.69) is 29.4 Å². The van der Waals surface area contributed by atoms with Crippen molar-refractivity contribution in [3.05, 3.63) is 76.2 Å². The Kier molecular flexibility index (Phi) is 4.26. The number of nitrogens with one attached hydrogen (secondary N) is 1. The molecule has 118 valence electrons. The van der Waals surface area contributed by atoms with Gasteiger partial charge >= 0.3 is 0 Å². The summed E-state index contributed by atoms with van der Waals surface area (Å²) in [5.41, 5.74) is 3.38. The molecular weight excluding hydrogens is 286 g/mol. The molecule has 2 atom stereocenters. The van der Waals surface area contributed by atoms with Gasteiger partial charge in [-0.15, -0.1) is 0 Å². The zero-order chi connectivity index (χ0) is 16.4. The van der Waals surface area contributed by atoms with Gasteiger partial charge in [0.1, 0.15) is 5.69 Å². The molecule has 0 saturated heterocycles. The van der Waals surface area contributed by atoms with E-state index in [1.54, 1.807) is 11.6 Å². The Labute approximate surface area is 135 Å². The van der Waals surface area contributed by atoms with Crippen LogP contribution in [0, 0.1) is 0 Å². The van der Waals surface area contributed by atoms with E-state index in [0.717, 1.165) is 11.0 Å². The topological polar surface area (TPSA) is 46.9 Å². The second-order valence-electron chi connectivity index (χ2n) is 5.87. The summed E-state index contributed by atoms with van der Waals surface area (Å²) < 4.78 is 1.67. The molecule has 0 bridgehead atoms. The summed E-state index contributed by atoms with van der Waals surface area (Å²) in [6.07, 6.45) is 0. The second-order valence-corrected chi connectivity index (χ2v) is 5.87. The first-order valence-electron chi connectivity index (χ1n) is 7.84. The van der Waals surface area contributed by atoms with Crippen molar-refractivity contribution in [3.63, 3.8) is 0 Å². The Morgan fingerprint density at radius 1 is 0.957 bits per heavy atom. The van der Waals surface area contributed by atoms with Crippen molar-refractivity contribution in [2.75, 3.05) is 0 Å². The first-order chi connectivity index (χ1) is 11.1. The fourth-order valence-electron chi connectivity index (χ4n) is 2.88. The standard InChI is InChI=1S/C19H21N3O/c1-13(15-9-5-4-6-10-15)20-14(2)18-19(23)22(3)17-12-8-7-11-16(17)21-18/h4-14,20H,1-3H3/t13-,14?/m0/s1. The molecule has 1 aromatic heterocycles. The van der Waals surface area contributed by atoms with E-state index >= 15 is 0 Å². The highest BCUT2D eigenvalue weighted by molar-refractivity contribution is 5.74. The van der Waals surface area contributed by atoms with Crippen LogP contribution < -0.4 is 10.9 Å². The predicted octanol–water partition coefficient (Wildman–Crippen LogP) is 3.35. The highest BCUT2D eigenvalue weighted by atomic mass is 16.1. The van der Waals surface area contributed by atoms with Crippen molar-refractivity contribution in [2.45, 2.75) is 25.9 Å². The van der Waals surface area contributed by atoms with Crippen LogP contribution in [-0.4, -0.2) is 9.55 Å². The third-order valence-corrected chi connectivity index (χ3v) is 4.22. The average Bonchev–Trinajstić information content (AvgIpc) is 2.58. The van der Waals surface area contributed by atoms with Crippen molar-refractivity contribution in [1.82, 2.24) is 14.9 Å². The number of nitrogens with zero attached hydrogens (tertiary/aromatic N) is 2. The van der Waals surface area contributed by atoms with E-state index in [0.29, 0.717) is 5.69 Å². The Bertz CT molecular complexity index is 871. The molecule has 3 rings (SSSR count). The summed E-state index contributed by atoms with van der Waals surface area (Å²) >= 11 is 0. The van der Waals surface area contributed by atoms with Crippen LogP contribution in [0.3, 0.4) is 0 Å².